The number of nitrogens with zero attached hydrogens (tertiary/aromatic N) is 5. The third-order valence-electron chi connectivity index (χ3n) is 5.26. The number of carbonyl (C=O) groups excluding carboxylic acids is 1. The summed E-state index contributed by atoms with van der Waals surface area (Å²) in [5.41, 5.74) is 2.00. The molecule has 5 rings (SSSR count). The van der Waals surface area contributed by atoms with Gasteiger partial charge in [0.15, 0.2) is 0 Å². The van der Waals surface area contributed by atoms with Crippen LogP contribution in [0.15, 0.2) is 58.4 Å². The quantitative estimate of drug-likeness (QED) is 0.362. The Labute approximate surface area is 198 Å². The number of carbonyl (C=O) groups is 1. The smallest absolute Gasteiger partial charge is 0.233 e. The van der Waals surface area contributed by atoms with Crippen LogP contribution in [0.4, 0.5) is 0 Å². The van der Waals surface area contributed by atoms with Crippen molar-refractivity contribution in [2.45, 2.75) is 24.5 Å². The number of fused-ring (bicyclic) bond motifs is 1. The molecular formula is C22H21N5O2S3. The van der Waals surface area contributed by atoms with Gasteiger partial charge in [-0.2, -0.15) is 4.68 Å². The van der Waals surface area contributed by atoms with Crippen LogP contribution in [-0.4, -0.2) is 49.9 Å². The highest BCUT2D eigenvalue weighted by Crippen LogP contribution is 2.40. The van der Waals surface area contributed by atoms with E-state index in [0.717, 1.165) is 12.1 Å². The fourth-order valence-corrected chi connectivity index (χ4v) is 6.41. The maximum absolute atomic E-state index is 13.4. The van der Waals surface area contributed by atoms with Gasteiger partial charge in [0.25, 0.3) is 0 Å². The Hall–Kier alpha value is -2.69. The van der Waals surface area contributed by atoms with Gasteiger partial charge in [0.1, 0.15) is 11.4 Å². The topological polar surface area (TPSA) is 73.1 Å². The van der Waals surface area contributed by atoms with Crippen molar-refractivity contribution >= 4 is 40.3 Å². The van der Waals surface area contributed by atoms with E-state index in [-0.39, 0.29) is 17.7 Å². The van der Waals surface area contributed by atoms with Gasteiger partial charge in [-0.3, -0.25) is 4.79 Å². The predicted molar refractivity (Wildman–Crippen MR) is 127 cm³/mol. The molecule has 4 heterocycles. The van der Waals surface area contributed by atoms with Crippen molar-refractivity contribution in [2.75, 3.05) is 18.9 Å². The summed E-state index contributed by atoms with van der Waals surface area (Å²) in [6.07, 6.45) is 0.894. The van der Waals surface area contributed by atoms with E-state index >= 15 is 0 Å². The van der Waals surface area contributed by atoms with Crippen LogP contribution in [0.2, 0.25) is 0 Å². The zero-order valence-corrected chi connectivity index (χ0v) is 19.8. The third-order valence-corrected chi connectivity index (χ3v) is 8.08. The van der Waals surface area contributed by atoms with Gasteiger partial charge < -0.3 is 9.64 Å². The van der Waals surface area contributed by atoms with Crippen molar-refractivity contribution < 1.29 is 9.53 Å². The molecule has 0 fully saturated rings. The number of rotatable bonds is 7. The number of amides is 1. The minimum Gasteiger partial charge on any atom is -0.492 e. The summed E-state index contributed by atoms with van der Waals surface area (Å²) in [5.74, 6) is 1.05. The number of hydrogen-bond acceptors (Lipinski definition) is 8. The third kappa shape index (κ3) is 4.05. The van der Waals surface area contributed by atoms with Crippen LogP contribution in [0.25, 0.3) is 5.69 Å². The number of hydrogen-bond donors (Lipinski definition) is 0. The Morgan fingerprint density at radius 3 is 2.94 bits per heavy atom. The van der Waals surface area contributed by atoms with E-state index in [2.05, 4.69) is 38.4 Å². The summed E-state index contributed by atoms with van der Waals surface area (Å²) < 4.78 is 7.35. The van der Waals surface area contributed by atoms with Crippen LogP contribution in [0, 0.1) is 0 Å². The predicted octanol–water partition coefficient (Wildman–Crippen LogP) is 4.45. The van der Waals surface area contributed by atoms with Crippen LogP contribution < -0.4 is 4.74 Å². The molecule has 4 aromatic rings. The molecule has 0 bridgehead atoms. The van der Waals surface area contributed by atoms with Gasteiger partial charge in [0, 0.05) is 16.3 Å². The lowest BCUT2D eigenvalue weighted by Gasteiger charge is -2.35. The molecule has 1 aliphatic rings. The molecule has 1 aliphatic heterocycles. The molecule has 0 saturated heterocycles. The first-order valence-electron chi connectivity index (χ1n) is 10.3. The number of benzene rings is 1. The van der Waals surface area contributed by atoms with Crippen LogP contribution >= 0.6 is 34.4 Å². The van der Waals surface area contributed by atoms with Crippen LogP contribution in [0.5, 0.6) is 5.75 Å². The summed E-state index contributed by atoms with van der Waals surface area (Å²) in [7, 11) is 0. The Kier molecular flexibility index (Phi) is 6.24. The zero-order valence-electron chi connectivity index (χ0n) is 17.4. The second kappa shape index (κ2) is 9.43. The second-order valence-electron chi connectivity index (χ2n) is 7.12. The fourth-order valence-electron chi connectivity index (χ4n) is 3.88. The van der Waals surface area contributed by atoms with E-state index in [1.54, 1.807) is 27.4 Å². The molecule has 1 unspecified atom stereocenters. The van der Waals surface area contributed by atoms with Crippen molar-refractivity contribution in [1.82, 2.24) is 25.1 Å². The lowest BCUT2D eigenvalue weighted by molar-refractivity contribution is -0.130. The molecule has 1 atom stereocenters. The molecule has 0 aliphatic carbocycles. The molecule has 1 aromatic carbocycles. The van der Waals surface area contributed by atoms with Gasteiger partial charge >= 0.3 is 0 Å². The van der Waals surface area contributed by atoms with Crippen molar-refractivity contribution in [3.63, 3.8) is 0 Å². The van der Waals surface area contributed by atoms with Crippen LogP contribution in [0.3, 0.4) is 0 Å². The van der Waals surface area contributed by atoms with Crippen LogP contribution in [-0.2, 0) is 11.2 Å². The molecule has 164 valence electrons. The molecule has 3 aromatic heterocycles. The van der Waals surface area contributed by atoms with Gasteiger partial charge in [0.05, 0.1) is 18.4 Å². The van der Waals surface area contributed by atoms with Crippen molar-refractivity contribution in [3.05, 3.63) is 68.5 Å². The number of aromatic nitrogens is 4. The Balaban J connectivity index is 1.36. The first-order valence-corrected chi connectivity index (χ1v) is 13.0. The van der Waals surface area contributed by atoms with Gasteiger partial charge in [0.2, 0.25) is 11.1 Å². The Morgan fingerprint density at radius 1 is 1.19 bits per heavy atom. The Bertz CT molecular complexity index is 1200. The van der Waals surface area contributed by atoms with Gasteiger partial charge in [-0.25, -0.2) is 0 Å². The molecule has 0 radical (unpaired) electrons. The standard InChI is InChI=1S/C22H21N5O2S3/c1-2-29-17-7-4-3-6-16(17)27-22(23-24-25-27)32-14-20(28)26-11-9-18-15(10-13-31-18)21(26)19-8-5-12-30-19/h3-8,10,12-13,21H,2,9,11,14H2,1H3. The van der Waals surface area contributed by atoms with Crippen molar-refractivity contribution in [1.29, 1.82) is 0 Å². The largest absolute Gasteiger partial charge is 0.492 e. The lowest BCUT2D eigenvalue weighted by atomic mass is 9.98. The zero-order chi connectivity index (χ0) is 21.9. The molecule has 0 spiro atoms. The van der Waals surface area contributed by atoms with Crippen molar-refractivity contribution in [2.24, 2.45) is 0 Å². The van der Waals surface area contributed by atoms with E-state index in [1.807, 2.05) is 42.2 Å². The SMILES string of the molecule is CCOc1ccccc1-n1nnnc1SCC(=O)N1CCc2sccc2C1c1cccs1. The summed E-state index contributed by atoms with van der Waals surface area (Å²) in [6.45, 7) is 3.20. The fraction of sp³-hybridized carbons (Fsp3) is 0.273. The molecule has 32 heavy (non-hydrogen) atoms. The van der Waals surface area contributed by atoms with E-state index in [0.29, 0.717) is 24.1 Å². The molecular weight excluding hydrogens is 462 g/mol. The average molecular weight is 484 g/mol. The minimum atomic E-state index is -0.0206. The summed E-state index contributed by atoms with van der Waals surface area (Å²) in [6, 6.07) is 13.9. The Morgan fingerprint density at radius 2 is 2.09 bits per heavy atom. The summed E-state index contributed by atoms with van der Waals surface area (Å²) >= 11 is 4.81. The normalized spacial score (nSPS) is 15.5. The van der Waals surface area contributed by atoms with Gasteiger partial charge in [-0.15, -0.1) is 27.8 Å². The highest BCUT2D eigenvalue weighted by Gasteiger charge is 2.33. The van der Waals surface area contributed by atoms with Gasteiger partial charge in [-0.1, -0.05) is 30.0 Å². The second-order valence-corrected chi connectivity index (χ2v) is 10.0. The molecule has 1 amide bonds. The van der Waals surface area contributed by atoms with E-state index < -0.39 is 0 Å². The molecule has 0 saturated carbocycles. The lowest BCUT2D eigenvalue weighted by Crippen LogP contribution is -2.40. The highest BCUT2D eigenvalue weighted by molar-refractivity contribution is 7.99. The first kappa shape index (κ1) is 21.2. The number of thiophene rings is 2. The summed E-state index contributed by atoms with van der Waals surface area (Å²) in [4.78, 5) is 17.9. The van der Waals surface area contributed by atoms with E-state index in [4.69, 9.17) is 4.74 Å². The number of thioether (sulfide) groups is 1. The highest BCUT2D eigenvalue weighted by atomic mass is 32.2. The maximum Gasteiger partial charge on any atom is 0.233 e. The van der Waals surface area contributed by atoms with Gasteiger partial charge in [-0.05, 0) is 64.4 Å². The first-order chi connectivity index (χ1) is 15.8. The molecule has 0 N–H and O–H groups in total. The van der Waals surface area contributed by atoms with Crippen LogP contribution in [0.1, 0.15) is 28.3 Å². The molecule has 7 nitrogen and oxygen atoms in total. The summed E-state index contributed by atoms with van der Waals surface area (Å²) in [5, 5.41) is 16.9. The number of ether oxygens (including phenoxy) is 1. The molecule has 10 heteroatoms. The van der Waals surface area contributed by atoms with E-state index in [9.17, 15) is 4.79 Å². The number of tetrazole rings is 1. The number of para-hydroxylation sites is 2. The maximum atomic E-state index is 13.4. The minimum absolute atomic E-state index is 0.0206. The van der Waals surface area contributed by atoms with Crippen molar-refractivity contribution in [3.8, 4) is 11.4 Å². The van der Waals surface area contributed by atoms with E-state index in [1.165, 1.54) is 27.1 Å². The monoisotopic (exact) mass is 483 g/mol. The average Bonchev–Trinajstić information content (AvgIpc) is 3.59.